The molecule has 0 aliphatic heterocycles. The van der Waals surface area contributed by atoms with Crippen LogP contribution in [0, 0.1) is 11.3 Å². The predicted octanol–water partition coefficient (Wildman–Crippen LogP) is 1.72. The van der Waals surface area contributed by atoms with Crippen LogP contribution in [0.25, 0.3) is 0 Å². The molecule has 0 radical (unpaired) electrons. The van der Waals surface area contributed by atoms with Crippen molar-refractivity contribution in [2.75, 3.05) is 18.5 Å². The number of ether oxygens (including phenoxy) is 1. The molecule has 2 amide bonds. The Balaban J connectivity index is 1.82. The zero-order valence-corrected chi connectivity index (χ0v) is 13.2. The highest BCUT2D eigenvalue weighted by Gasteiger charge is 2.12. The van der Waals surface area contributed by atoms with Gasteiger partial charge in [0.1, 0.15) is 0 Å². The fourth-order valence-electron chi connectivity index (χ4n) is 1.81. The molecule has 0 spiro atoms. The van der Waals surface area contributed by atoms with E-state index in [2.05, 4.69) is 10.6 Å². The Morgan fingerprint density at radius 1 is 1.16 bits per heavy atom. The minimum Gasteiger partial charge on any atom is -0.459 e. The van der Waals surface area contributed by atoms with E-state index in [1.54, 1.807) is 6.07 Å². The molecule has 1 heterocycles. The standard InChI is InChI=1S/C17H15N3O5/c18-8-2-9-19-15(21)11-25-17(23)12-4-6-13(7-5-12)20-16(22)14-3-1-10-24-14/h1,3-7,10H,2,9,11H2,(H,19,21)(H,20,22). The summed E-state index contributed by atoms with van der Waals surface area (Å²) in [6, 6.07) is 11.0. The first-order valence-corrected chi connectivity index (χ1v) is 7.36. The smallest absolute Gasteiger partial charge is 0.338 e. The molecule has 0 unspecified atom stereocenters. The number of anilines is 1. The highest BCUT2D eigenvalue weighted by atomic mass is 16.5. The Hall–Kier alpha value is -3.60. The summed E-state index contributed by atoms with van der Waals surface area (Å²) in [5.41, 5.74) is 0.716. The van der Waals surface area contributed by atoms with Gasteiger partial charge in [0.05, 0.1) is 24.3 Å². The molecule has 1 aromatic heterocycles. The second-order valence-corrected chi connectivity index (χ2v) is 4.84. The minimum absolute atomic E-state index is 0.172. The molecule has 2 N–H and O–H groups in total. The number of esters is 1. The van der Waals surface area contributed by atoms with E-state index >= 15 is 0 Å². The van der Waals surface area contributed by atoms with E-state index in [4.69, 9.17) is 14.4 Å². The van der Waals surface area contributed by atoms with E-state index in [1.807, 2.05) is 6.07 Å². The average molecular weight is 341 g/mol. The number of nitriles is 1. The van der Waals surface area contributed by atoms with Crippen molar-refractivity contribution in [2.45, 2.75) is 6.42 Å². The van der Waals surface area contributed by atoms with Crippen LogP contribution in [0.2, 0.25) is 0 Å². The topological polar surface area (TPSA) is 121 Å². The second-order valence-electron chi connectivity index (χ2n) is 4.84. The number of benzene rings is 1. The predicted molar refractivity (Wildman–Crippen MR) is 86.6 cm³/mol. The lowest BCUT2D eigenvalue weighted by Gasteiger charge is -2.07. The molecule has 0 aliphatic carbocycles. The van der Waals surface area contributed by atoms with Gasteiger partial charge >= 0.3 is 5.97 Å². The quantitative estimate of drug-likeness (QED) is 0.584. The highest BCUT2D eigenvalue weighted by molar-refractivity contribution is 6.02. The summed E-state index contributed by atoms with van der Waals surface area (Å²) in [4.78, 5) is 35.0. The summed E-state index contributed by atoms with van der Waals surface area (Å²) in [7, 11) is 0. The number of hydrogen-bond acceptors (Lipinski definition) is 6. The number of nitrogens with one attached hydrogen (secondary N) is 2. The van der Waals surface area contributed by atoms with E-state index in [9.17, 15) is 14.4 Å². The summed E-state index contributed by atoms with van der Waals surface area (Å²) in [5, 5.41) is 13.4. The molecule has 0 saturated heterocycles. The van der Waals surface area contributed by atoms with Gasteiger partial charge in [0, 0.05) is 12.2 Å². The second kappa shape index (κ2) is 8.88. The first kappa shape index (κ1) is 17.7. The SMILES string of the molecule is N#CCCNC(=O)COC(=O)c1ccc(NC(=O)c2ccco2)cc1. The average Bonchev–Trinajstić information content (AvgIpc) is 3.15. The van der Waals surface area contributed by atoms with Crippen molar-refractivity contribution in [2.24, 2.45) is 0 Å². The van der Waals surface area contributed by atoms with Crippen molar-refractivity contribution in [3.05, 3.63) is 54.0 Å². The van der Waals surface area contributed by atoms with Crippen LogP contribution >= 0.6 is 0 Å². The lowest BCUT2D eigenvalue weighted by Crippen LogP contribution is -2.29. The van der Waals surface area contributed by atoms with Gasteiger partial charge in [0.15, 0.2) is 12.4 Å². The summed E-state index contributed by atoms with van der Waals surface area (Å²) in [5.74, 6) is -1.38. The number of amides is 2. The minimum atomic E-state index is -0.667. The van der Waals surface area contributed by atoms with Gasteiger partial charge in [0.2, 0.25) is 0 Å². The van der Waals surface area contributed by atoms with Crippen molar-refractivity contribution < 1.29 is 23.5 Å². The van der Waals surface area contributed by atoms with Gasteiger partial charge in [-0.05, 0) is 36.4 Å². The van der Waals surface area contributed by atoms with Crippen molar-refractivity contribution in [3.63, 3.8) is 0 Å². The first-order chi connectivity index (χ1) is 12.1. The maximum atomic E-state index is 11.8. The van der Waals surface area contributed by atoms with Crippen molar-refractivity contribution in [1.82, 2.24) is 5.32 Å². The van der Waals surface area contributed by atoms with E-state index in [-0.39, 0.29) is 24.3 Å². The first-order valence-electron chi connectivity index (χ1n) is 7.36. The molecule has 8 heteroatoms. The van der Waals surface area contributed by atoms with Gasteiger partial charge in [-0.3, -0.25) is 9.59 Å². The van der Waals surface area contributed by atoms with Crippen molar-refractivity contribution in [3.8, 4) is 6.07 Å². The van der Waals surface area contributed by atoms with E-state index in [0.717, 1.165) is 0 Å². The van der Waals surface area contributed by atoms with Crippen LogP contribution in [0.15, 0.2) is 47.1 Å². The monoisotopic (exact) mass is 341 g/mol. The molecule has 25 heavy (non-hydrogen) atoms. The maximum absolute atomic E-state index is 11.8. The Kier molecular flexibility index (Phi) is 6.31. The van der Waals surface area contributed by atoms with Gasteiger partial charge in [0.25, 0.3) is 11.8 Å². The van der Waals surface area contributed by atoms with Crippen LogP contribution in [0.5, 0.6) is 0 Å². The number of furan rings is 1. The van der Waals surface area contributed by atoms with E-state index < -0.39 is 24.4 Å². The van der Waals surface area contributed by atoms with E-state index in [1.165, 1.54) is 36.6 Å². The zero-order valence-electron chi connectivity index (χ0n) is 13.2. The molecular formula is C17H15N3O5. The fourth-order valence-corrected chi connectivity index (χ4v) is 1.81. The largest absolute Gasteiger partial charge is 0.459 e. The molecular weight excluding hydrogens is 326 g/mol. The number of carbonyl (C=O) groups is 3. The number of nitrogens with zero attached hydrogens (tertiary/aromatic N) is 1. The Morgan fingerprint density at radius 3 is 2.56 bits per heavy atom. The third-order valence-corrected chi connectivity index (χ3v) is 3.02. The number of carbonyl (C=O) groups excluding carboxylic acids is 3. The molecule has 0 atom stereocenters. The summed E-state index contributed by atoms with van der Waals surface area (Å²) < 4.78 is 9.84. The molecule has 2 rings (SSSR count). The van der Waals surface area contributed by atoms with Crippen LogP contribution in [0.1, 0.15) is 27.3 Å². The molecule has 2 aromatic rings. The molecule has 0 saturated carbocycles. The Bertz CT molecular complexity index is 776. The molecule has 0 bridgehead atoms. The molecule has 128 valence electrons. The van der Waals surface area contributed by atoms with Gasteiger partial charge < -0.3 is 19.8 Å². The lowest BCUT2D eigenvalue weighted by atomic mass is 10.2. The highest BCUT2D eigenvalue weighted by Crippen LogP contribution is 2.12. The zero-order chi connectivity index (χ0) is 18.1. The summed E-state index contributed by atoms with van der Waals surface area (Å²) >= 11 is 0. The summed E-state index contributed by atoms with van der Waals surface area (Å²) in [6.07, 6.45) is 1.58. The normalized spacial score (nSPS) is 9.72. The Morgan fingerprint density at radius 2 is 1.92 bits per heavy atom. The fraction of sp³-hybridized carbons (Fsp3) is 0.176. The van der Waals surface area contributed by atoms with Crippen LogP contribution < -0.4 is 10.6 Å². The van der Waals surface area contributed by atoms with Crippen molar-refractivity contribution >= 4 is 23.5 Å². The van der Waals surface area contributed by atoms with E-state index in [0.29, 0.717) is 5.69 Å². The maximum Gasteiger partial charge on any atom is 0.338 e. The molecule has 0 aliphatic rings. The summed E-state index contributed by atoms with van der Waals surface area (Å²) in [6.45, 7) is -0.224. The lowest BCUT2D eigenvalue weighted by molar-refractivity contribution is -0.124. The third kappa shape index (κ3) is 5.51. The molecule has 8 nitrogen and oxygen atoms in total. The van der Waals surface area contributed by atoms with Gasteiger partial charge in [-0.15, -0.1) is 0 Å². The Labute approximate surface area is 143 Å². The third-order valence-electron chi connectivity index (χ3n) is 3.02. The van der Waals surface area contributed by atoms with Crippen LogP contribution in [-0.2, 0) is 9.53 Å². The molecule has 1 aromatic carbocycles. The van der Waals surface area contributed by atoms with Crippen LogP contribution in [0.3, 0.4) is 0 Å². The van der Waals surface area contributed by atoms with Gasteiger partial charge in [-0.25, -0.2) is 4.79 Å². The van der Waals surface area contributed by atoms with Crippen molar-refractivity contribution in [1.29, 1.82) is 5.26 Å². The van der Waals surface area contributed by atoms with Gasteiger partial charge in [-0.2, -0.15) is 5.26 Å². The number of rotatable bonds is 7. The van der Waals surface area contributed by atoms with Gasteiger partial charge in [-0.1, -0.05) is 0 Å². The number of hydrogen-bond donors (Lipinski definition) is 2. The molecule has 0 fully saturated rings. The van der Waals surface area contributed by atoms with Crippen LogP contribution in [-0.4, -0.2) is 30.9 Å². The van der Waals surface area contributed by atoms with Crippen LogP contribution in [0.4, 0.5) is 5.69 Å².